The first kappa shape index (κ1) is 11.9. The van der Waals surface area contributed by atoms with Crippen LogP contribution in [0, 0.1) is 5.92 Å². The molecule has 0 bridgehead atoms. The van der Waals surface area contributed by atoms with Crippen molar-refractivity contribution >= 4 is 38.8 Å². The standard InChI is InChI=1S/C12H15BrN2S/c13-9-3-4-10(12(14)16)11(7-9)15-6-5-8-1-2-8/h3-4,7-8,15H,1-2,5-6H2,(H2,14,16). The second-order valence-electron chi connectivity index (χ2n) is 4.21. The molecule has 1 fully saturated rings. The Morgan fingerprint density at radius 3 is 2.88 bits per heavy atom. The van der Waals surface area contributed by atoms with Gasteiger partial charge in [-0.05, 0) is 30.5 Å². The molecule has 86 valence electrons. The topological polar surface area (TPSA) is 38.0 Å². The first-order chi connectivity index (χ1) is 7.66. The Morgan fingerprint density at radius 1 is 1.50 bits per heavy atom. The van der Waals surface area contributed by atoms with Gasteiger partial charge in [-0.1, -0.05) is 41.0 Å². The van der Waals surface area contributed by atoms with Crippen molar-refractivity contribution in [3.63, 3.8) is 0 Å². The number of nitrogens with two attached hydrogens (primary N) is 1. The molecule has 0 saturated heterocycles. The second kappa shape index (κ2) is 5.15. The van der Waals surface area contributed by atoms with Crippen LogP contribution in [-0.4, -0.2) is 11.5 Å². The molecule has 0 atom stereocenters. The number of benzene rings is 1. The highest BCUT2D eigenvalue weighted by Gasteiger charge is 2.20. The van der Waals surface area contributed by atoms with Crippen molar-refractivity contribution in [1.82, 2.24) is 0 Å². The molecular formula is C12H15BrN2S. The molecule has 1 aliphatic rings. The highest BCUT2D eigenvalue weighted by molar-refractivity contribution is 9.10. The third kappa shape index (κ3) is 3.19. The van der Waals surface area contributed by atoms with Gasteiger partial charge in [0.1, 0.15) is 4.99 Å². The summed E-state index contributed by atoms with van der Waals surface area (Å²) in [6.45, 7) is 0.997. The van der Waals surface area contributed by atoms with E-state index in [0.29, 0.717) is 4.99 Å². The molecule has 1 aromatic rings. The molecule has 0 amide bonds. The quantitative estimate of drug-likeness (QED) is 0.819. The van der Waals surface area contributed by atoms with Crippen molar-refractivity contribution < 1.29 is 0 Å². The van der Waals surface area contributed by atoms with Crippen LogP contribution in [0.2, 0.25) is 0 Å². The zero-order valence-electron chi connectivity index (χ0n) is 9.00. The van der Waals surface area contributed by atoms with E-state index in [-0.39, 0.29) is 0 Å². The summed E-state index contributed by atoms with van der Waals surface area (Å²) >= 11 is 8.48. The van der Waals surface area contributed by atoms with Gasteiger partial charge in [-0.2, -0.15) is 0 Å². The molecule has 2 rings (SSSR count). The molecular weight excluding hydrogens is 284 g/mol. The van der Waals surface area contributed by atoms with Gasteiger partial charge in [-0.3, -0.25) is 0 Å². The van der Waals surface area contributed by atoms with Crippen LogP contribution in [0.5, 0.6) is 0 Å². The Morgan fingerprint density at radius 2 is 2.25 bits per heavy atom. The minimum absolute atomic E-state index is 0.446. The van der Waals surface area contributed by atoms with Gasteiger partial charge < -0.3 is 11.1 Å². The summed E-state index contributed by atoms with van der Waals surface area (Å²) in [6, 6.07) is 5.94. The van der Waals surface area contributed by atoms with E-state index in [1.165, 1.54) is 19.3 Å². The predicted octanol–water partition coefficient (Wildman–Crippen LogP) is 3.30. The largest absolute Gasteiger partial charge is 0.389 e. The lowest BCUT2D eigenvalue weighted by Crippen LogP contribution is -2.14. The summed E-state index contributed by atoms with van der Waals surface area (Å²) in [5.74, 6) is 0.938. The molecule has 2 nitrogen and oxygen atoms in total. The highest BCUT2D eigenvalue weighted by Crippen LogP contribution is 2.32. The van der Waals surface area contributed by atoms with Crippen molar-refractivity contribution in [3.8, 4) is 0 Å². The van der Waals surface area contributed by atoms with Gasteiger partial charge in [0.2, 0.25) is 0 Å². The summed E-state index contributed by atoms with van der Waals surface area (Å²) in [4.78, 5) is 0.446. The normalized spacial score (nSPS) is 14.8. The smallest absolute Gasteiger partial charge is 0.106 e. The molecule has 16 heavy (non-hydrogen) atoms. The van der Waals surface area contributed by atoms with Crippen LogP contribution >= 0.6 is 28.1 Å². The Bertz CT molecular complexity index is 402. The SMILES string of the molecule is NC(=S)c1ccc(Br)cc1NCCC1CC1. The van der Waals surface area contributed by atoms with Gasteiger partial charge in [0.25, 0.3) is 0 Å². The second-order valence-corrected chi connectivity index (χ2v) is 5.57. The van der Waals surface area contributed by atoms with Gasteiger partial charge in [0.15, 0.2) is 0 Å². The van der Waals surface area contributed by atoms with Gasteiger partial charge in [0.05, 0.1) is 0 Å². The predicted molar refractivity (Wildman–Crippen MR) is 75.9 cm³/mol. The zero-order chi connectivity index (χ0) is 11.5. The van der Waals surface area contributed by atoms with Crippen LogP contribution in [0.3, 0.4) is 0 Å². The summed E-state index contributed by atoms with van der Waals surface area (Å²) < 4.78 is 1.04. The van der Waals surface area contributed by atoms with E-state index in [1.54, 1.807) is 0 Å². The zero-order valence-corrected chi connectivity index (χ0v) is 11.4. The molecule has 1 saturated carbocycles. The van der Waals surface area contributed by atoms with Gasteiger partial charge in [0, 0.05) is 22.3 Å². The molecule has 0 aromatic heterocycles. The Labute approximate surface area is 110 Å². The lowest BCUT2D eigenvalue weighted by atomic mass is 10.1. The maximum absolute atomic E-state index is 5.68. The lowest BCUT2D eigenvalue weighted by Gasteiger charge is -2.11. The van der Waals surface area contributed by atoms with E-state index in [0.717, 1.165) is 28.2 Å². The summed E-state index contributed by atoms with van der Waals surface area (Å²) in [7, 11) is 0. The number of halogens is 1. The number of rotatable bonds is 5. The van der Waals surface area contributed by atoms with Crippen LogP contribution in [0.1, 0.15) is 24.8 Å². The lowest BCUT2D eigenvalue weighted by molar-refractivity contribution is 0.760. The fourth-order valence-electron chi connectivity index (χ4n) is 1.70. The minimum Gasteiger partial charge on any atom is -0.389 e. The van der Waals surface area contributed by atoms with Crippen LogP contribution in [0.25, 0.3) is 0 Å². The monoisotopic (exact) mass is 298 g/mol. The van der Waals surface area contributed by atoms with Crippen molar-refractivity contribution in [2.75, 3.05) is 11.9 Å². The Kier molecular flexibility index (Phi) is 3.82. The molecule has 4 heteroatoms. The number of hydrogen-bond acceptors (Lipinski definition) is 2. The van der Waals surface area contributed by atoms with Crippen LogP contribution in [0.15, 0.2) is 22.7 Å². The molecule has 1 aliphatic carbocycles. The average Bonchev–Trinajstić information content (AvgIpc) is 3.01. The van der Waals surface area contributed by atoms with E-state index < -0.39 is 0 Å². The number of nitrogens with one attached hydrogen (secondary N) is 1. The maximum atomic E-state index is 5.68. The molecule has 0 heterocycles. The van der Waals surface area contributed by atoms with Crippen molar-refractivity contribution in [2.45, 2.75) is 19.3 Å². The molecule has 0 aliphatic heterocycles. The van der Waals surface area contributed by atoms with Crippen molar-refractivity contribution in [3.05, 3.63) is 28.2 Å². The van der Waals surface area contributed by atoms with E-state index in [9.17, 15) is 0 Å². The summed E-state index contributed by atoms with van der Waals surface area (Å²) in [6.07, 6.45) is 4.02. The fraction of sp³-hybridized carbons (Fsp3) is 0.417. The van der Waals surface area contributed by atoms with E-state index in [1.807, 2.05) is 18.2 Å². The number of thiocarbonyl (C=S) groups is 1. The molecule has 0 unspecified atom stereocenters. The number of hydrogen-bond donors (Lipinski definition) is 2. The van der Waals surface area contributed by atoms with Gasteiger partial charge in [-0.15, -0.1) is 0 Å². The summed E-state index contributed by atoms with van der Waals surface area (Å²) in [5.41, 5.74) is 7.64. The number of anilines is 1. The van der Waals surface area contributed by atoms with E-state index in [2.05, 4.69) is 21.2 Å². The highest BCUT2D eigenvalue weighted by atomic mass is 79.9. The Hall–Kier alpha value is -0.610. The third-order valence-corrected chi connectivity index (χ3v) is 3.53. The first-order valence-electron chi connectivity index (χ1n) is 5.50. The fourth-order valence-corrected chi connectivity index (χ4v) is 2.23. The molecule has 1 aromatic carbocycles. The third-order valence-electron chi connectivity index (χ3n) is 2.81. The Balaban J connectivity index is 2.03. The van der Waals surface area contributed by atoms with Gasteiger partial charge >= 0.3 is 0 Å². The van der Waals surface area contributed by atoms with E-state index >= 15 is 0 Å². The van der Waals surface area contributed by atoms with Gasteiger partial charge in [-0.25, -0.2) is 0 Å². The van der Waals surface area contributed by atoms with Crippen LogP contribution < -0.4 is 11.1 Å². The van der Waals surface area contributed by atoms with Crippen molar-refractivity contribution in [1.29, 1.82) is 0 Å². The molecule has 0 spiro atoms. The van der Waals surface area contributed by atoms with E-state index in [4.69, 9.17) is 18.0 Å². The van der Waals surface area contributed by atoms with Crippen molar-refractivity contribution in [2.24, 2.45) is 11.7 Å². The van der Waals surface area contributed by atoms with Crippen LogP contribution in [0.4, 0.5) is 5.69 Å². The molecule has 0 radical (unpaired) electrons. The minimum atomic E-state index is 0.446. The van der Waals surface area contributed by atoms with Crippen LogP contribution in [-0.2, 0) is 0 Å². The first-order valence-corrected chi connectivity index (χ1v) is 6.70. The average molecular weight is 299 g/mol. The maximum Gasteiger partial charge on any atom is 0.106 e. The molecule has 3 N–H and O–H groups in total. The summed E-state index contributed by atoms with van der Waals surface area (Å²) in [5, 5.41) is 3.41.